The number of alkyl halides is 3. The third kappa shape index (κ3) is 4.63. The Hall–Kier alpha value is -1.43. The number of hydrogen-bond donors (Lipinski definition) is 1. The summed E-state index contributed by atoms with van der Waals surface area (Å²) in [6.07, 6.45) is -2.45. The molecule has 1 N–H and O–H groups in total. The standard InChI is InChI=1S/C13H16F3NO2/c14-13(15,16)9-19-12-6-2-1-5-11(12)17-10-4-3-7-18-8-10/h1-2,5-6,10,17H,3-4,7-9H2. The molecule has 0 radical (unpaired) electrons. The Bertz CT molecular complexity index is 403. The predicted octanol–water partition coefficient (Wildman–Crippen LogP) is 3.22. The molecule has 0 bridgehead atoms. The van der Waals surface area contributed by atoms with E-state index in [2.05, 4.69) is 5.32 Å². The predicted molar refractivity (Wildman–Crippen MR) is 65.5 cm³/mol. The van der Waals surface area contributed by atoms with Gasteiger partial charge in [0, 0.05) is 12.6 Å². The normalized spacial score (nSPS) is 20.1. The van der Waals surface area contributed by atoms with E-state index in [4.69, 9.17) is 9.47 Å². The minimum atomic E-state index is -4.33. The summed E-state index contributed by atoms with van der Waals surface area (Å²) in [5.41, 5.74) is 0.572. The molecule has 1 atom stereocenters. The Kier molecular flexibility index (Phi) is 4.52. The van der Waals surface area contributed by atoms with Crippen LogP contribution < -0.4 is 10.1 Å². The molecule has 1 aromatic rings. The molecule has 1 fully saturated rings. The van der Waals surface area contributed by atoms with Gasteiger partial charge in [-0.3, -0.25) is 0 Å². The fourth-order valence-electron chi connectivity index (χ4n) is 1.95. The number of nitrogens with one attached hydrogen (secondary N) is 1. The summed E-state index contributed by atoms with van der Waals surface area (Å²) in [5.74, 6) is 0.213. The van der Waals surface area contributed by atoms with Crippen LogP contribution in [0.2, 0.25) is 0 Å². The number of benzene rings is 1. The second kappa shape index (κ2) is 6.14. The third-order valence-electron chi connectivity index (χ3n) is 2.80. The van der Waals surface area contributed by atoms with E-state index in [0.29, 0.717) is 12.3 Å². The highest BCUT2D eigenvalue weighted by Crippen LogP contribution is 2.27. The van der Waals surface area contributed by atoms with Crippen molar-refractivity contribution in [3.8, 4) is 5.75 Å². The van der Waals surface area contributed by atoms with Gasteiger partial charge in [-0.05, 0) is 25.0 Å². The van der Waals surface area contributed by atoms with Crippen molar-refractivity contribution in [2.45, 2.75) is 25.1 Å². The van der Waals surface area contributed by atoms with Gasteiger partial charge in [-0.1, -0.05) is 12.1 Å². The number of ether oxygens (including phenoxy) is 2. The van der Waals surface area contributed by atoms with Crippen molar-refractivity contribution in [2.75, 3.05) is 25.1 Å². The van der Waals surface area contributed by atoms with Crippen molar-refractivity contribution in [1.82, 2.24) is 0 Å². The molecule has 19 heavy (non-hydrogen) atoms. The Morgan fingerprint density at radius 3 is 2.79 bits per heavy atom. The van der Waals surface area contributed by atoms with E-state index in [1.807, 2.05) is 0 Å². The first-order valence-corrected chi connectivity index (χ1v) is 6.17. The minimum Gasteiger partial charge on any atom is -0.482 e. The van der Waals surface area contributed by atoms with Crippen molar-refractivity contribution in [3.05, 3.63) is 24.3 Å². The van der Waals surface area contributed by atoms with Gasteiger partial charge in [0.2, 0.25) is 0 Å². The Labute approximate surface area is 109 Å². The van der Waals surface area contributed by atoms with Crippen LogP contribution in [-0.4, -0.2) is 32.0 Å². The maximum atomic E-state index is 12.2. The fraction of sp³-hybridized carbons (Fsp3) is 0.538. The average molecular weight is 275 g/mol. The Morgan fingerprint density at radius 1 is 1.32 bits per heavy atom. The van der Waals surface area contributed by atoms with E-state index in [9.17, 15) is 13.2 Å². The van der Waals surface area contributed by atoms with E-state index >= 15 is 0 Å². The van der Waals surface area contributed by atoms with E-state index in [1.165, 1.54) is 6.07 Å². The summed E-state index contributed by atoms with van der Waals surface area (Å²) in [6, 6.07) is 6.75. The van der Waals surface area contributed by atoms with Crippen LogP contribution in [-0.2, 0) is 4.74 Å². The molecule has 1 unspecified atom stereocenters. The highest BCUT2D eigenvalue weighted by atomic mass is 19.4. The molecule has 0 amide bonds. The molecule has 0 spiro atoms. The summed E-state index contributed by atoms with van der Waals surface area (Å²) in [5, 5.41) is 3.17. The zero-order valence-electron chi connectivity index (χ0n) is 10.4. The summed E-state index contributed by atoms with van der Waals surface area (Å²) in [6.45, 7) is 0.0187. The van der Waals surface area contributed by atoms with E-state index in [1.54, 1.807) is 18.2 Å². The first-order valence-electron chi connectivity index (χ1n) is 6.17. The number of rotatable bonds is 4. The highest BCUT2D eigenvalue weighted by molar-refractivity contribution is 5.56. The van der Waals surface area contributed by atoms with Gasteiger partial charge in [0.05, 0.1) is 12.3 Å². The van der Waals surface area contributed by atoms with Crippen molar-refractivity contribution in [1.29, 1.82) is 0 Å². The van der Waals surface area contributed by atoms with Crippen LogP contribution in [0.1, 0.15) is 12.8 Å². The molecule has 6 heteroatoms. The summed E-state index contributed by atoms with van der Waals surface area (Å²) < 4.78 is 46.6. The minimum absolute atomic E-state index is 0.115. The van der Waals surface area contributed by atoms with Gasteiger partial charge in [0.15, 0.2) is 6.61 Å². The molecular formula is C13H16F3NO2. The van der Waals surface area contributed by atoms with Crippen LogP contribution in [0.15, 0.2) is 24.3 Å². The van der Waals surface area contributed by atoms with Gasteiger partial charge in [-0.2, -0.15) is 13.2 Å². The average Bonchev–Trinajstić information content (AvgIpc) is 2.38. The van der Waals surface area contributed by atoms with E-state index < -0.39 is 12.8 Å². The van der Waals surface area contributed by atoms with Gasteiger partial charge in [0.25, 0.3) is 0 Å². The van der Waals surface area contributed by atoms with Gasteiger partial charge in [-0.15, -0.1) is 0 Å². The molecule has 2 rings (SSSR count). The van der Waals surface area contributed by atoms with Crippen LogP contribution in [0.5, 0.6) is 5.75 Å². The molecule has 106 valence electrons. The Balaban J connectivity index is 1.99. The molecule has 0 aliphatic carbocycles. The van der Waals surface area contributed by atoms with Crippen LogP contribution in [0.4, 0.5) is 18.9 Å². The molecule has 1 heterocycles. The lowest BCUT2D eigenvalue weighted by Crippen LogP contribution is -2.30. The number of anilines is 1. The smallest absolute Gasteiger partial charge is 0.422 e. The van der Waals surface area contributed by atoms with Gasteiger partial charge in [-0.25, -0.2) is 0 Å². The lowest BCUT2D eigenvalue weighted by Gasteiger charge is -2.25. The fourth-order valence-corrected chi connectivity index (χ4v) is 1.95. The van der Waals surface area contributed by atoms with Crippen LogP contribution in [0.3, 0.4) is 0 Å². The van der Waals surface area contributed by atoms with E-state index in [0.717, 1.165) is 19.4 Å². The molecule has 3 nitrogen and oxygen atoms in total. The van der Waals surface area contributed by atoms with Crippen molar-refractivity contribution in [3.63, 3.8) is 0 Å². The Morgan fingerprint density at radius 2 is 2.11 bits per heavy atom. The number of hydrogen-bond acceptors (Lipinski definition) is 3. The third-order valence-corrected chi connectivity index (χ3v) is 2.80. The molecule has 1 aromatic carbocycles. The number of para-hydroxylation sites is 2. The molecular weight excluding hydrogens is 259 g/mol. The summed E-state index contributed by atoms with van der Waals surface area (Å²) >= 11 is 0. The van der Waals surface area contributed by atoms with Gasteiger partial charge >= 0.3 is 6.18 Å². The van der Waals surface area contributed by atoms with Crippen molar-refractivity contribution >= 4 is 5.69 Å². The van der Waals surface area contributed by atoms with Crippen LogP contribution in [0, 0.1) is 0 Å². The van der Waals surface area contributed by atoms with E-state index in [-0.39, 0.29) is 11.8 Å². The monoisotopic (exact) mass is 275 g/mol. The van der Waals surface area contributed by atoms with Crippen LogP contribution >= 0.6 is 0 Å². The first-order chi connectivity index (χ1) is 9.04. The molecule has 1 saturated heterocycles. The van der Waals surface area contributed by atoms with Crippen molar-refractivity contribution < 1.29 is 22.6 Å². The summed E-state index contributed by atoms with van der Waals surface area (Å²) in [4.78, 5) is 0. The zero-order valence-corrected chi connectivity index (χ0v) is 10.4. The quantitative estimate of drug-likeness (QED) is 0.915. The molecule has 0 aromatic heterocycles. The summed E-state index contributed by atoms with van der Waals surface area (Å²) in [7, 11) is 0. The lowest BCUT2D eigenvalue weighted by molar-refractivity contribution is -0.153. The second-order valence-corrected chi connectivity index (χ2v) is 4.46. The van der Waals surface area contributed by atoms with Gasteiger partial charge in [0.1, 0.15) is 5.75 Å². The zero-order chi connectivity index (χ0) is 13.7. The SMILES string of the molecule is FC(F)(F)COc1ccccc1NC1CCCOC1. The first kappa shape index (κ1) is 14.0. The maximum Gasteiger partial charge on any atom is 0.422 e. The van der Waals surface area contributed by atoms with Crippen LogP contribution in [0.25, 0.3) is 0 Å². The van der Waals surface area contributed by atoms with Crippen molar-refractivity contribution in [2.24, 2.45) is 0 Å². The molecule has 1 aliphatic heterocycles. The molecule has 0 saturated carbocycles. The molecule has 1 aliphatic rings. The number of halogens is 3. The largest absolute Gasteiger partial charge is 0.482 e. The highest BCUT2D eigenvalue weighted by Gasteiger charge is 2.29. The topological polar surface area (TPSA) is 30.5 Å². The second-order valence-electron chi connectivity index (χ2n) is 4.46. The maximum absolute atomic E-state index is 12.2. The lowest BCUT2D eigenvalue weighted by atomic mass is 10.1. The van der Waals surface area contributed by atoms with Gasteiger partial charge < -0.3 is 14.8 Å².